The van der Waals surface area contributed by atoms with Gasteiger partial charge in [0.2, 0.25) is 5.88 Å². The summed E-state index contributed by atoms with van der Waals surface area (Å²) in [6.45, 7) is 0. The van der Waals surface area contributed by atoms with Gasteiger partial charge >= 0.3 is 0 Å². The van der Waals surface area contributed by atoms with E-state index in [1.165, 1.54) is 43.5 Å². The molecular weight excluding hydrogens is 318 g/mol. The first-order chi connectivity index (χ1) is 11.7. The van der Waals surface area contributed by atoms with Gasteiger partial charge in [-0.15, -0.1) is 10.2 Å². The number of aromatic nitrogens is 2. The SMILES string of the molecule is COc1cc(Oc2ccccc2F)nnc1Oc1ccccc1F. The maximum atomic E-state index is 13.6. The van der Waals surface area contributed by atoms with E-state index < -0.39 is 11.6 Å². The highest BCUT2D eigenvalue weighted by Crippen LogP contribution is 2.33. The Kier molecular flexibility index (Phi) is 4.51. The molecule has 0 bridgehead atoms. The lowest BCUT2D eigenvalue weighted by molar-refractivity contribution is 0.346. The van der Waals surface area contributed by atoms with E-state index >= 15 is 0 Å². The van der Waals surface area contributed by atoms with Gasteiger partial charge in [-0.25, -0.2) is 8.78 Å². The van der Waals surface area contributed by atoms with Crippen molar-refractivity contribution in [3.8, 4) is 29.0 Å². The van der Waals surface area contributed by atoms with Crippen molar-refractivity contribution in [1.29, 1.82) is 0 Å². The third kappa shape index (κ3) is 3.40. The Labute approximate surface area is 136 Å². The molecule has 3 aromatic rings. The minimum absolute atomic E-state index is 0.00312. The van der Waals surface area contributed by atoms with Crippen LogP contribution in [-0.2, 0) is 0 Å². The highest BCUT2D eigenvalue weighted by atomic mass is 19.1. The van der Waals surface area contributed by atoms with Gasteiger partial charge in [0.25, 0.3) is 5.88 Å². The van der Waals surface area contributed by atoms with Crippen LogP contribution in [0.2, 0.25) is 0 Å². The summed E-state index contributed by atoms with van der Waals surface area (Å²) in [5.41, 5.74) is 0. The molecule has 0 aliphatic rings. The molecule has 0 aliphatic heterocycles. The molecule has 122 valence electrons. The highest BCUT2D eigenvalue weighted by molar-refractivity contribution is 5.40. The number of methoxy groups -OCH3 is 1. The highest BCUT2D eigenvalue weighted by Gasteiger charge is 2.14. The normalized spacial score (nSPS) is 10.3. The van der Waals surface area contributed by atoms with Crippen LogP contribution in [0, 0.1) is 11.6 Å². The Morgan fingerprint density at radius 3 is 1.92 bits per heavy atom. The summed E-state index contributed by atoms with van der Waals surface area (Å²) in [5, 5.41) is 7.58. The van der Waals surface area contributed by atoms with Crippen LogP contribution in [0.15, 0.2) is 54.6 Å². The van der Waals surface area contributed by atoms with Crippen molar-refractivity contribution in [3.05, 3.63) is 66.2 Å². The average Bonchev–Trinajstić information content (AvgIpc) is 2.60. The molecule has 0 fully saturated rings. The first kappa shape index (κ1) is 15.7. The second-order valence-electron chi connectivity index (χ2n) is 4.62. The van der Waals surface area contributed by atoms with Crippen LogP contribution in [-0.4, -0.2) is 17.3 Å². The van der Waals surface area contributed by atoms with Crippen LogP contribution in [0.5, 0.6) is 29.0 Å². The van der Waals surface area contributed by atoms with Crippen molar-refractivity contribution >= 4 is 0 Å². The lowest BCUT2D eigenvalue weighted by atomic mass is 10.3. The van der Waals surface area contributed by atoms with Gasteiger partial charge in [0.1, 0.15) is 0 Å². The van der Waals surface area contributed by atoms with Crippen LogP contribution in [0.1, 0.15) is 0 Å². The minimum Gasteiger partial charge on any atom is -0.491 e. The third-order valence-electron chi connectivity index (χ3n) is 3.02. The van der Waals surface area contributed by atoms with E-state index in [1.54, 1.807) is 18.2 Å². The molecule has 0 atom stereocenters. The van der Waals surface area contributed by atoms with Crippen LogP contribution < -0.4 is 14.2 Å². The lowest BCUT2D eigenvalue weighted by Crippen LogP contribution is -1.99. The van der Waals surface area contributed by atoms with E-state index in [1.807, 2.05) is 0 Å². The number of benzene rings is 2. The van der Waals surface area contributed by atoms with Gasteiger partial charge in [0.05, 0.1) is 13.2 Å². The molecule has 0 unspecified atom stereocenters. The van der Waals surface area contributed by atoms with E-state index in [4.69, 9.17) is 14.2 Å². The number of halogens is 2. The molecule has 5 nitrogen and oxygen atoms in total. The maximum absolute atomic E-state index is 13.6. The average molecular weight is 330 g/mol. The number of hydrogen-bond donors (Lipinski definition) is 0. The van der Waals surface area contributed by atoms with Crippen molar-refractivity contribution in [3.63, 3.8) is 0 Å². The predicted octanol–water partition coefficient (Wildman–Crippen LogP) is 4.35. The number of para-hydroxylation sites is 2. The lowest BCUT2D eigenvalue weighted by Gasteiger charge is -2.11. The number of nitrogens with zero attached hydrogens (tertiary/aromatic N) is 2. The Hall–Kier alpha value is -3.22. The zero-order valence-corrected chi connectivity index (χ0v) is 12.6. The molecule has 0 saturated heterocycles. The Balaban J connectivity index is 1.86. The van der Waals surface area contributed by atoms with Crippen molar-refractivity contribution in [2.24, 2.45) is 0 Å². The molecule has 0 amide bonds. The molecule has 2 aromatic carbocycles. The topological polar surface area (TPSA) is 53.5 Å². The van der Waals surface area contributed by atoms with Crippen LogP contribution in [0.4, 0.5) is 8.78 Å². The molecule has 0 saturated carbocycles. The van der Waals surface area contributed by atoms with Gasteiger partial charge in [-0.2, -0.15) is 0 Å². The first-order valence-electron chi connectivity index (χ1n) is 6.94. The van der Waals surface area contributed by atoms with E-state index in [-0.39, 0.29) is 29.0 Å². The summed E-state index contributed by atoms with van der Waals surface area (Å²) in [6, 6.07) is 13.1. The third-order valence-corrected chi connectivity index (χ3v) is 3.02. The Morgan fingerprint density at radius 1 is 0.750 bits per heavy atom. The number of hydrogen-bond acceptors (Lipinski definition) is 5. The van der Waals surface area contributed by atoms with Crippen LogP contribution in [0.25, 0.3) is 0 Å². The summed E-state index contributed by atoms with van der Waals surface area (Å²) in [7, 11) is 1.39. The molecule has 0 radical (unpaired) electrons. The van der Waals surface area contributed by atoms with Crippen LogP contribution >= 0.6 is 0 Å². The number of ether oxygens (including phenoxy) is 3. The monoisotopic (exact) mass is 330 g/mol. The van der Waals surface area contributed by atoms with Crippen LogP contribution in [0.3, 0.4) is 0 Å². The molecule has 24 heavy (non-hydrogen) atoms. The van der Waals surface area contributed by atoms with Gasteiger partial charge in [0.15, 0.2) is 28.9 Å². The van der Waals surface area contributed by atoms with E-state index in [0.29, 0.717) is 0 Å². The summed E-state index contributed by atoms with van der Waals surface area (Å²) in [4.78, 5) is 0. The second kappa shape index (κ2) is 6.91. The second-order valence-corrected chi connectivity index (χ2v) is 4.62. The fraction of sp³-hybridized carbons (Fsp3) is 0.0588. The zero-order chi connectivity index (χ0) is 16.9. The van der Waals surface area contributed by atoms with Gasteiger partial charge in [-0.05, 0) is 24.3 Å². The van der Waals surface area contributed by atoms with Gasteiger partial charge < -0.3 is 14.2 Å². The fourth-order valence-corrected chi connectivity index (χ4v) is 1.89. The standard InChI is InChI=1S/C17H12F2N2O3/c1-22-15-10-16(23-13-8-4-2-6-11(13)18)20-21-17(15)24-14-9-5-3-7-12(14)19/h2-10H,1H3. The minimum atomic E-state index is -0.548. The van der Waals surface area contributed by atoms with Crippen molar-refractivity contribution in [1.82, 2.24) is 10.2 Å². The largest absolute Gasteiger partial charge is 0.491 e. The smallest absolute Gasteiger partial charge is 0.282 e. The summed E-state index contributed by atoms with van der Waals surface area (Å²) in [5.74, 6) is -0.969. The quantitative estimate of drug-likeness (QED) is 0.696. The van der Waals surface area contributed by atoms with Crippen molar-refractivity contribution in [2.45, 2.75) is 0 Å². The molecule has 1 heterocycles. The van der Waals surface area contributed by atoms with Gasteiger partial charge in [-0.3, -0.25) is 0 Å². The predicted molar refractivity (Wildman–Crippen MR) is 81.5 cm³/mol. The first-order valence-corrected chi connectivity index (χ1v) is 6.94. The van der Waals surface area contributed by atoms with Gasteiger partial charge in [-0.1, -0.05) is 24.3 Å². The van der Waals surface area contributed by atoms with E-state index in [2.05, 4.69) is 10.2 Å². The summed E-state index contributed by atoms with van der Waals surface area (Å²) in [6.07, 6.45) is 0. The van der Waals surface area contributed by atoms with Crippen molar-refractivity contribution in [2.75, 3.05) is 7.11 Å². The molecule has 0 N–H and O–H groups in total. The molecule has 0 spiro atoms. The fourth-order valence-electron chi connectivity index (χ4n) is 1.89. The van der Waals surface area contributed by atoms with E-state index in [0.717, 1.165) is 0 Å². The molecule has 3 rings (SSSR count). The Bertz CT molecular complexity index is 859. The van der Waals surface area contributed by atoms with Crippen molar-refractivity contribution < 1.29 is 23.0 Å². The van der Waals surface area contributed by atoms with E-state index in [9.17, 15) is 8.78 Å². The molecule has 1 aromatic heterocycles. The number of rotatable bonds is 5. The molecule has 7 heteroatoms. The molecule has 0 aliphatic carbocycles. The van der Waals surface area contributed by atoms with Gasteiger partial charge in [0, 0.05) is 0 Å². The summed E-state index contributed by atoms with van der Waals surface area (Å²) < 4.78 is 43.1. The Morgan fingerprint density at radius 2 is 1.33 bits per heavy atom. The maximum Gasteiger partial charge on any atom is 0.282 e. The summed E-state index contributed by atoms with van der Waals surface area (Å²) >= 11 is 0. The molecular formula is C17H12F2N2O3. The zero-order valence-electron chi connectivity index (χ0n) is 12.6.